The fourth-order valence-corrected chi connectivity index (χ4v) is 2.81. The Labute approximate surface area is 154 Å². The summed E-state index contributed by atoms with van der Waals surface area (Å²) < 4.78 is 1.69. The molecule has 3 rings (SSSR count). The Morgan fingerprint density at radius 3 is 2.42 bits per heavy atom. The van der Waals surface area contributed by atoms with E-state index >= 15 is 0 Å². The molecule has 0 aliphatic carbocycles. The zero-order valence-electron chi connectivity index (χ0n) is 12.3. The lowest BCUT2D eigenvalue weighted by molar-refractivity contribution is 0.102. The number of halogens is 3. The lowest BCUT2D eigenvalue weighted by atomic mass is 10.2. The molecule has 0 radical (unpaired) electrons. The number of rotatable bonds is 4. The van der Waals surface area contributed by atoms with Gasteiger partial charge in [-0.2, -0.15) is 5.10 Å². The Kier molecular flexibility index (Phi) is 5.09. The Bertz CT molecular complexity index is 875. The van der Waals surface area contributed by atoms with Crippen molar-refractivity contribution in [2.75, 3.05) is 5.32 Å². The van der Waals surface area contributed by atoms with Crippen LogP contribution in [-0.2, 0) is 6.54 Å². The van der Waals surface area contributed by atoms with Crippen molar-refractivity contribution in [2.24, 2.45) is 0 Å². The summed E-state index contributed by atoms with van der Waals surface area (Å²) in [6.45, 7) is 0.508. The predicted octanol–water partition coefficient (Wildman–Crippen LogP) is 5.14. The quantitative estimate of drug-likeness (QED) is 0.681. The van der Waals surface area contributed by atoms with Crippen LogP contribution in [0, 0.1) is 0 Å². The molecule has 0 fully saturated rings. The van der Waals surface area contributed by atoms with Crippen LogP contribution in [0.25, 0.3) is 0 Å². The van der Waals surface area contributed by atoms with Crippen molar-refractivity contribution in [1.82, 2.24) is 9.78 Å². The molecule has 4 nitrogen and oxygen atoms in total. The number of anilines is 1. The van der Waals surface area contributed by atoms with Gasteiger partial charge in [0.15, 0.2) is 0 Å². The number of carbonyl (C=O) groups is 1. The van der Waals surface area contributed by atoms with E-state index in [1.165, 1.54) is 6.07 Å². The van der Waals surface area contributed by atoms with Crippen molar-refractivity contribution in [1.29, 1.82) is 0 Å². The van der Waals surface area contributed by atoms with Crippen LogP contribution in [-0.4, -0.2) is 15.7 Å². The van der Waals surface area contributed by atoms with E-state index < -0.39 is 0 Å². The highest BCUT2D eigenvalue weighted by Crippen LogP contribution is 2.22. The first-order valence-corrected chi connectivity index (χ1v) is 8.19. The van der Waals surface area contributed by atoms with Gasteiger partial charge in [-0.3, -0.25) is 4.79 Å². The van der Waals surface area contributed by atoms with Crippen molar-refractivity contribution in [3.63, 3.8) is 0 Å². The summed E-state index contributed by atoms with van der Waals surface area (Å²) in [4.78, 5) is 12.4. The van der Waals surface area contributed by atoms with E-state index in [4.69, 9.17) is 34.8 Å². The topological polar surface area (TPSA) is 46.9 Å². The number of nitrogens with one attached hydrogen (secondary N) is 1. The van der Waals surface area contributed by atoms with Crippen molar-refractivity contribution in [3.05, 3.63) is 80.9 Å². The lowest BCUT2D eigenvalue weighted by Crippen LogP contribution is -2.16. The zero-order chi connectivity index (χ0) is 17.1. The molecule has 0 saturated carbocycles. The Hall–Kier alpha value is -2.01. The van der Waals surface area contributed by atoms with Crippen molar-refractivity contribution < 1.29 is 4.79 Å². The maximum atomic E-state index is 12.4. The first kappa shape index (κ1) is 16.8. The van der Waals surface area contributed by atoms with Gasteiger partial charge in [-0.05, 0) is 35.9 Å². The fourth-order valence-electron chi connectivity index (χ4n) is 2.18. The SMILES string of the molecule is O=C(Nc1ccnn1Cc1ccc(Cl)cc1)c1ccc(Cl)cc1Cl. The summed E-state index contributed by atoms with van der Waals surface area (Å²) >= 11 is 17.8. The van der Waals surface area contributed by atoms with Crippen molar-refractivity contribution >= 4 is 46.5 Å². The van der Waals surface area contributed by atoms with E-state index in [1.54, 1.807) is 29.1 Å². The normalized spacial score (nSPS) is 10.6. The van der Waals surface area contributed by atoms with Crippen molar-refractivity contribution in [3.8, 4) is 0 Å². The molecule has 0 atom stereocenters. The highest BCUT2D eigenvalue weighted by Gasteiger charge is 2.13. The van der Waals surface area contributed by atoms with Gasteiger partial charge < -0.3 is 5.32 Å². The number of hydrogen-bond acceptors (Lipinski definition) is 2. The minimum Gasteiger partial charge on any atom is -0.307 e. The van der Waals surface area contributed by atoms with Crippen molar-refractivity contribution in [2.45, 2.75) is 6.54 Å². The third-order valence-corrected chi connectivity index (χ3v) is 4.18. The van der Waals surface area contributed by atoms with Gasteiger partial charge in [-0.15, -0.1) is 0 Å². The largest absolute Gasteiger partial charge is 0.307 e. The molecule has 122 valence electrons. The van der Waals surface area contributed by atoms with Crippen LogP contribution in [0.4, 0.5) is 5.82 Å². The van der Waals surface area contributed by atoms with Gasteiger partial charge in [0.2, 0.25) is 0 Å². The van der Waals surface area contributed by atoms with E-state index in [0.29, 0.717) is 33.0 Å². The average Bonchev–Trinajstić information content (AvgIpc) is 2.96. The first-order valence-electron chi connectivity index (χ1n) is 7.05. The van der Waals surface area contributed by atoms with Crippen LogP contribution < -0.4 is 5.32 Å². The summed E-state index contributed by atoms with van der Waals surface area (Å²) in [6.07, 6.45) is 1.62. The highest BCUT2D eigenvalue weighted by atomic mass is 35.5. The summed E-state index contributed by atoms with van der Waals surface area (Å²) in [6, 6.07) is 13.9. The number of amides is 1. The standard InChI is InChI=1S/C17H12Cl3N3O/c18-12-3-1-11(2-4-12)10-23-16(7-8-21-23)22-17(24)14-6-5-13(19)9-15(14)20/h1-9H,10H2,(H,22,24). The van der Waals surface area contributed by atoms with Crippen LogP contribution in [0.1, 0.15) is 15.9 Å². The van der Waals surface area contributed by atoms with Gasteiger partial charge in [0.1, 0.15) is 5.82 Å². The van der Waals surface area contributed by atoms with Gasteiger partial charge in [-0.1, -0.05) is 46.9 Å². The molecule has 0 unspecified atom stereocenters. The third kappa shape index (κ3) is 3.90. The van der Waals surface area contributed by atoms with Crippen LogP contribution >= 0.6 is 34.8 Å². The van der Waals surface area contributed by atoms with Crippen LogP contribution in [0.2, 0.25) is 15.1 Å². The fraction of sp³-hybridized carbons (Fsp3) is 0.0588. The molecule has 1 N–H and O–H groups in total. The molecule has 1 heterocycles. The summed E-state index contributed by atoms with van der Waals surface area (Å²) in [5, 5.41) is 8.48. The molecule has 1 amide bonds. The van der Waals surface area contributed by atoms with E-state index in [0.717, 1.165) is 5.56 Å². The number of benzene rings is 2. The molecule has 0 saturated heterocycles. The molecule has 2 aromatic carbocycles. The van der Waals surface area contributed by atoms with Crippen LogP contribution in [0.3, 0.4) is 0 Å². The zero-order valence-corrected chi connectivity index (χ0v) is 14.6. The van der Waals surface area contributed by atoms with Gasteiger partial charge in [-0.25, -0.2) is 4.68 Å². The minimum absolute atomic E-state index is 0.295. The van der Waals surface area contributed by atoms with Gasteiger partial charge in [0.25, 0.3) is 5.91 Å². The van der Waals surface area contributed by atoms with Gasteiger partial charge in [0.05, 0.1) is 23.3 Å². The highest BCUT2D eigenvalue weighted by molar-refractivity contribution is 6.37. The molecular weight excluding hydrogens is 369 g/mol. The monoisotopic (exact) mass is 379 g/mol. The number of nitrogens with zero attached hydrogens (tertiary/aromatic N) is 2. The Morgan fingerprint density at radius 1 is 1.00 bits per heavy atom. The van der Waals surface area contributed by atoms with Gasteiger partial charge in [0, 0.05) is 16.1 Å². The summed E-state index contributed by atoms with van der Waals surface area (Å²) in [7, 11) is 0. The van der Waals surface area contributed by atoms with E-state index in [2.05, 4.69) is 10.4 Å². The molecule has 0 spiro atoms. The smallest absolute Gasteiger partial charge is 0.258 e. The molecule has 0 aliphatic rings. The number of carbonyl (C=O) groups excluding carboxylic acids is 1. The minimum atomic E-state index is -0.325. The Balaban J connectivity index is 1.77. The number of hydrogen-bond donors (Lipinski definition) is 1. The maximum Gasteiger partial charge on any atom is 0.258 e. The summed E-state index contributed by atoms with van der Waals surface area (Å²) in [5.41, 5.74) is 1.36. The summed E-state index contributed by atoms with van der Waals surface area (Å²) in [5.74, 6) is 0.246. The molecule has 1 aromatic heterocycles. The maximum absolute atomic E-state index is 12.4. The molecule has 7 heteroatoms. The van der Waals surface area contributed by atoms with E-state index in [-0.39, 0.29) is 5.91 Å². The molecule has 24 heavy (non-hydrogen) atoms. The first-order chi connectivity index (χ1) is 11.5. The van der Waals surface area contributed by atoms with Crippen LogP contribution in [0.15, 0.2) is 54.7 Å². The number of aromatic nitrogens is 2. The molecule has 0 bridgehead atoms. The molecular formula is C17H12Cl3N3O. The predicted molar refractivity (Wildman–Crippen MR) is 97.2 cm³/mol. The second-order valence-electron chi connectivity index (χ2n) is 5.08. The molecule has 3 aromatic rings. The third-order valence-electron chi connectivity index (χ3n) is 3.38. The Morgan fingerprint density at radius 2 is 1.71 bits per heavy atom. The van der Waals surface area contributed by atoms with E-state index in [1.807, 2.05) is 24.3 Å². The second-order valence-corrected chi connectivity index (χ2v) is 6.36. The molecule has 0 aliphatic heterocycles. The van der Waals surface area contributed by atoms with Crippen LogP contribution in [0.5, 0.6) is 0 Å². The van der Waals surface area contributed by atoms with E-state index in [9.17, 15) is 4.79 Å². The van der Waals surface area contributed by atoms with Gasteiger partial charge >= 0.3 is 0 Å². The average molecular weight is 381 g/mol. The lowest BCUT2D eigenvalue weighted by Gasteiger charge is -2.10. The second kappa shape index (κ2) is 7.26.